The molecule has 0 heterocycles. The SMILES string of the molecule is CN=C(N)NC1CCCCC1SC. The summed E-state index contributed by atoms with van der Waals surface area (Å²) in [6.07, 6.45) is 7.36. The zero-order valence-electron chi connectivity index (χ0n) is 8.42. The number of hydrogen-bond donors (Lipinski definition) is 2. The Bertz CT molecular complexity index is 182. The van der Waals surface area contributed by atoms with Crippen molar-refractivity contribution in [2.45, 2.75) is 37.0 Å². The van der Waals surface area contributed by atoms with Gasteiger partial charge in [-0.15, -0.1) is 0 Å². The van der Waals surface area contributed by atoms with Crippen LogP contribution < -0.4 is 11.1 Å². The topological polar surface area (TPSA) is 50.4 Å². The third-order valence-corrected chi connectivity index (χ3v) is 3.75. The van der Waals surface area contributed by atoms with Crippen molar-refractivity contribution in [2.24, 2.45) is 10.7 Å². The van der Waals surface area contributed by atoms with Gasteiger partial charge in [-0.1, -0.05) is 12.8 Å². The summed E-state index contributed by atoms with van der Waals surface area (Å²) in [5.41, 5.74) is 5.65. The number of guanidine groups is 1. The second-order valence-electron chi connectivity index (χ2n) is 3.42. The molecule has 0 aromatic rings. The van der Waals surface area contributed by atoms with Crippen LogP contribution in [0.25, 0.3) is 0 Å². The van der Waals surface area contributed by atoms with Crippen LogP contribution in [-0.2, 0) is 0 Å². The van der Waals surface area contributed by atoms with E-state index in [4.69, 9.17) is 5.73 Å². The molecule has 0 radical (unpaired) electrons. The lowest BCUT2D eigenvalue weighted by Gasteiger charge is -2.31. The van der Waals surface area contributed by atoms with E-state index in [9.17, 15) is 0 Å². The molecule has 4 heteroatoms. The van der Waals surface area contributed by atoms with E-state index in [-0.39, 0.29) is 0 Å². The minimum atomic E-state index is 0.521. The van der Waals surface area contributed by atoms with Crippen molar-refractivity contribution in [3.05, 3.63) is 0 Å². The average Bonchev–Trinajstić information content (AvgIpc) is 2.18. The van der Waals surface area contributed by atoms with Crippen LogP contribution in [0.2, 0.25) is 0 Å². The molecule has 0 saturated heterocycles. The van der Waals surface area contributed by atoms with E-state index in [0.717, 1.165) is 0 Å². The minimum absolute atomic E-state index is 0.521. The van der Waals surface area contributed by atoms with Gasteiger partial charge in [0, 0.05) is 18.3 Å². The number of rotatable bonds is 2. The molecule has 76 valence electrons. The van der Waals surface area contributed by atoms with Crippen molar-refractivity contribution in [1.82, 2.24) is 5.32 Å². The van der Waals surface area contributed by atoms with E-state index in [1.54, 1.807) is 7.05 Å². The highest BCUT2D eigenvalue weighted by Gasteiger charge is 2.24. The molecule has 0 bridgehead atoms. The maximum absolute atomic E-state index is 5.65. The third-order valence-electron chi connectivity index (χ3n) is 2.58. The molecule has 1 fully saturated rings. The summed E-state index contributed by atoms with van der Waals surface area (Å²) in [4.78, 5) is 3.93. The molecule has 0 aliphatic heterocycles. The Kier molecular flexibility index (Phi) is 4.42. The standard InChI is InChI=1S/C9H19N3S/c1-11-9(10)12-7-5-3-4-6-8(7)13-2/h7-8H,3-6H2,1-2H3,(H3,10,11,12). The zero-order chi connectivity index (χ0) is 9.68. The molecule has 2 atom stereocenters. The highest BCUT2D eigenvalue weighted by atomic mass is 32.2. The number of thioether (sulfide) groups is 1. The number of nitrogens with one attached hydrogen (secondary N) is 1. The van der Waals surface area contributed by atoms with Crippen molar-refractivity contribution >= 4 is 17.7 Å². The van der Waals surface area contributed by atoms with Crippen molar-refractivity contribution in [1.29, 1.82) is 0 Å². The van der Waals surface area contributed by atoms with Gasteiger partial charge < -0.3 is 11.1 Å². The molecule has 0 aromatic heterocycles. The summed E-state index contributed by atoms with van der Waals surface area (Å²) in [5, 5.41) is 3.98. The van der Waals surface area contributed by atoms with Gasteiger partial charge in [-0.3, -0.25) is 4.99 Å². The Balaban J connectivity index is 2.45. The molecule has 0 spiro atoms. The van der Waals surface area contributed by atoms with Crippen molar-refractivity contribution in [2.75, 3.05) is 13.3 Å². The van der Waals surface area contributed by atoms with Crippen LogP contribution in [0.15, 0.2) is 4.99 Å². The summed E-state index contributed by atoms with van der Waals surface area (Å²) in [6, 6.07) is 0.521. The third kappa shape index (κ3) is 3.10. The molecular weight excluding hydrogens is 182 g/mol. The monoisotopic (exact) mass is 201 g/mol. The van der Waals surface area contributed by atoms with Gasteiger partial charge in [0.25, 0.3) is 0 Å². The van der Waals surface area contributed by atoms with E-state index in [0.29, 0.717) is 17.3 Å². The smallest absolute Gasteiger partial charge is 0.188 e. The lowest BCUT2D eigenvalue weighted by molar-refractivity contribution is 0.424. The minimum Gasteiger partial charge on any atom is -0.370 e. The first-order valence-corrected chi connectivity index (χ1v) is 6.08. The summed E-state index contributed by atoms with van der Waals surface area (Å²) in [5.74, 6) is 0.575. The van der Waals surface area contributed by atoms with Crippen molar-refractivity contribution < 1.29 is 0 Å². The van der Waals surface area contributed by atoms with E-state index >= 15 is 0 Å². The maximum atomic E-state index is 5.65. The first-order chi connectivity index (χ1) is 6.27. The Morgan fingerprint density at radius 1 is 1.46 bits per heavy atom. The lowest BCUT2D eigenvalue weighted by Crippen LogP contribution is -2.46. The highest BCUT2D eigenvalue weighted by Crippen LogP contribution is 2.26. The van der Waals surface area contributed by atoms with Crippen molar-refractivity contribution in [3.8, 4) is 0 Å². The van der Waals surface area contributed by atoms with Gasteiger partial charge in [0.05, 0.1) is 0 Å². The van der Waals surface area contributed by atoms with Gasteiger partial charge >= 0.3 is 0 Å². The van der Waals surface area contributed by atoms with E-state index < -0.39 is 0 Å². The Labute approximate surface area is 84.6 Å². The Morgan fingerprint density at radius 3 is 2.77 bits per heavy atom. The first-order valence-electron chi connectivity index (χ1n) is 4.79. The van der Waals surface area contributed by atoms with Gasteiger partial charge in [-0.2, -0.15) is 11.8 Å². The molecule has 3 N–H and O–H groups in total. The van der Waals surface area contributed by atoms with Crippen LogP contribution >= 0.6 is 11.8 Å². The fourth-order valence-corrected chi connectivity index (χ4v) is 2.73. The van der Waals surface area contributed by atoms with Gasteiger partial charge in [-0.05, 0) is 19.1 Å². The average molecular weight is 201 g/mol. The second-order valence-corrected chi connectivity index (χ2v) is 4.50. The molecule has 3 nitrogen and oxygen atoms in total. The zero-order valence-corrected chi connectivity index (χ0v) is 9.23. The van der Waals surface area contributed by atoms with Gasteiger partial charge in [0.2, 0.25) is 0 Å². The molecule has 1 rings (SSSR count). The van der Waals surface area contributed by atoms with E-state index in [2.05, 4.69) is 16.6 Å². The van der Waals surface area contributed by atoms with E-state index in [1.807, 2.05) is 11.8 Å². The molecular formula is C9H19N3S. The largest absolute Gasteiger partial charge is 0.370 e. The molecule has 0 aromatic carbocycles. The van der Waals surface area contributed by atoms with Crippen LogP contribution in [0.4, 0.5) is 0 Å². The van der Waals surface area contributed by atoms with Gasteiger partial charge in [0.1, 0.15) is 0 Å². The van der Waals surface area contributed by atoms with Crippen LogP contribution in [0.5, 0.6) is 0 Å². The number of hydrogen-bond acceptors (Lipinski definition) is 2. The summed E-state index contributed by atoms with van der Waals surface area (Å²) >= 11 is 1.93. The Hall–Kier alpha value is -0.380. The van der Waals surface area contributed by atoms with Crippen molar-refractivity contribution in [3.63, 3.8) is 0 Å². The second kappa shape index (κ2) is 5.37. The van der Waals surface area contributed by atoms with E-state index in [1.165, 1.54) is 25.7 Å². The lowest BCUT2D eigenvalue weighted by atomic mass is 9.95. The van der Waals surface area contributed by atoms with Crippen LogP contribution in [-0.4, -0.2) is 30.6 Å². The Morgan fingerprint density at radius 2 is 2.15 bits per heavy atom. The molecule has 1 aliphatic carbocycles. The first kappa shape index (κ1) is 10.7. The molecule has 13 heavy (non-hydrogen) atoms. The normalized spacial score (nSPS) is 30.2. The van der Waals surface area contributed by atoms with Crippen LogP contribution in [0.1, 0.15) is 25.7 Å². The fourth-order valence-electron chi connectivity index (χ4n) is 1.80. The predicted molar refractivity (Wildman–Crippen MR) is 60.2 cm³/mol. The van der Waals surface area contributed by atoms with Crippen LogP contribution in [0, 0.1) is 0 Å². The summed E-state index contributed by atoms with van der Waals surface area (Å²) in [7, 11) is 1.72. The van der Waals surface area contributed by atoms with Gasteiger partial charge in [-0.25, -0.2) is 0 Å². The maximum Gasteiger partial charge on any atom is 0.188 e. The molecule has 1 aliphatic rings. The molecule has 0 amide bonds. The summed E-state index contributed by atoms with van der Waals surface area (Å²) < 4.78 is 0. The molecule has 2 unspecified atom stereocenters. The quantitative estimate of drug-likeness (QED) is 0.521. The number of nitrogens with zero attached hydrogens (tertiary/aromatic N) is 1. The van der Waals surface area contributed by atoms with Gasteiger partial charge in [0.15, 0.2) is 5.96 Å². The highest BCUT2D eigenvalue weighted by molar-refractivity contribution is 7.99. The number of nitrogens with two attached hydrogens (primary N) is 1. The van der Waals surface area contributed by atoms with Crippen LogP contribution in [0.3, 0.4) is 0 Å². The fraction of sp³-hybridized carbons (Fsp3) is 0.889. The molecule has 1 saturated carbocycles. The predicted octanol–water partition coefficient (Wildman–Crippen LogP) is 1.19. The summed E-state index contributed by atoms with van der Waals surface area (Å²) in [6.45, 7) is 0. The number of aliphatic imine (C=N–C) groups is 1.